The molecule has 0 radical (unpaired) electrons. The van der Waals surface area contributed by atoms with Crippen LogP contribution in [0.4, 0.5) is 0 Å². The van der Waals surface area contributed by atoms with Crippen LogP contribution in [0.3, 0.4) is 0 Å². The monoisotopic (exact) mass is 316 g/mol. The molecule has 2 aliphatic rings. The highest BCUT2D eigenvalue weighted by Crippen LogP contribution is 2.12. The van der Waals surface area contributed by atoms with Crippen LogP contribution in [0.5, 0.6) is 0 Å². The van der Waals surface area contributed by atoms with Crippen molar-refractivity contribution in [1.29, 1.82) is 0 Å². The molecule has 2 heterocycles. The Morgan fingerprint density at radius 3 is 1.30 bits per heavy atom. The van der Waals surface area contributed by atoms with Gasteiger partial charge in [-0.05, 0) is 27.7 Å². The summed E-state index contributed by atoms with van der Waals surface area (Å²) in [7, 11) is -0.0813. The zero-order valence-electron chi connectivity index (χ0n) is 13.7. The van der Waals surface area contributed by atoms with Gasteiger partial charge in [-0.2, -0.15) is 0 Å². The van der Waals surface area contributed by atoms with Crippen molar-refractivity contribution >= 4 is 19.4 Å². The SMILES string of the molecule is CC1CN([SiH2]CC[SiH2]N2CC(C)OC(C)C2)CC(C)O1. The third kappa shape index (κ3) is 5.57. The average molecular weight is 317 g/mol. The van der Waals surface area contributed by atoms with Crippen molar-refractivity contribution in [3.05, 3.63) is 0 Å². The van der Waals surface area contributed by atoms with Gasteiger partial charge in [-0.25, -0.2) is 0 Å². The number of hydrogen-bond acceptors (Lipinski definition) is 4. The van der Waals surface area contributed by atoms with Crippen LogP contribution in [-0.2, 0) is 9.47 Å². The van der Waals surface area contributed by atoms with Crippen molar-refractivity contribution in [2.45, 2.75) is 64.2 Å². The summed E-state index contributed by atoms with van der Waals surface area (Å²) in [4.78, 5) is 0. The Morgan fingerprint density at radius 2 is 1.00 bits per heavy atom. The van der Waals surface area contributed by atoms with Crippen LogP contribution < -0.4 is 0 Å². The number of morpholine rings is 2. The number of nitrogens with zero attached hydrogens (tertiary/aromatic N) is 2. The van der Waals surface area contributed by atoms with Gasteiger partial charge in [-0.3, -0.25) is 0 Å². The van der Waals surface area contributed by atoms with E-state index in [0.29, 0.717) is 24.4 Å². The van der Waals surface area contributed by atoms with Gasteiger partial charge in [0.1, 0.15) is 0 Å². The molecule has 0 N–H and O–H groups in total. The number of rotatable bonds is 5. The van der Waals surface area contributed by atoms with Crippen molar-refractivity contribution < 1.29 is 9.47 Å². The zero-order chi connectivity index (χ0) is 14.5. The topological polar surface area (TPSA) is 24.9 Å². The van der Waals surface area contributed by atoms with Gasteiger partial charge in [0.25, 0.3) is 0 Å². The van der Waals surface area contributed by atoms with Crippen LogP contribution in [0.2, 0.25) is 12.1 Å². The maximum Gasteiger partial charge on any atom is 0.0950 e. The van der Waals surface area contributed by atoms with Gasteiger partial charge in [0.05, 0.1) is 43.8 Å². The molecule has 2 aliphatic heterocycles. The van der Waals surface area contributed by atoms with E-state index in [0.717, 1.165) is 0 Å². The minimum absolute atomic E-state index is 0.0407. The molecule has 0 aromatic carbocycles. The second-order valence-corrected chi connectivity index (χ2v) is 10.8. The smallest absolute Gasteiger partial charge is 0.0950 e. The first-order valence-electron chi connectivity index (χ1n) is 8.28. The summed E-state index contributed by atoms with van der Waals surface area (Å²) in [6.07, 6.45) is 1.74. The highest BCUT2D eigenvalue weighted by Gasteiger charge is 2.23. The molecule has 2 fully saturated rings. The molecular weight excluding hydrogens is 284 g/mol. The van der Waals surface area contributed by atoms with Crippen LogP contribution in [0.15, 0.2) is 0 Å². The molecule has 4 unspecified atom stereocenters. The second-order valence-electron chi connectivity index (χ2n) is 6.74. The van der Waals surface area contributed by atoms with Crippen LogP contribution in [-0.4, -0.2) is 79.1 Å². The van der Waals surface area contributed by atoms with Gasteiger partial charge in [0.15, 0.2) is 0 Å². The van der Waals surface area contributed by atoms with Crippen molar-refractivity contribution in [3.63, 3.8) is 0 Å². The van der Waals surface area contributed by atoms with Gasteiger partial charge in [0.2, 0.25) is 0 Å². The normalized spacial score (nSPS) is 38.4. The molecule has 0 bridgehead atoms. The standard InChI is InChI=1S/C14H32N2O2Si2/c1-11-7-15(8-12(2)17-11)19-5-6-20-16-9-13(3)18-14(4)10-16/h11-14H,5-10,19-20H2,1-4H3. The number of hydrogen-bond donors (Lipinski definition) is 0. The lowest BCUT2D eigenvalue weighted by Gasteiger charge is -2.36. The first-order chi connectivity index (χ1) is 9.52. The Kier molecular flexibility index (Phi) is 6.70. The molecule has 2 saturated heterocycles. The van der Waals surface area contributed by atoms with E-state index < -0.39 is 0 Å². The fourth-order valence-corrected chi connectivity index (χ4v) is 8.47. The van der Waals surface area contributed by atoms with E-state index in [-0.39, 0.29) is 19.4 Å². The lowest BCUT2D eigenvalue weighted by Crippen LogP contribution is -2.48. The van der Waals surface area contributed by atoms with Crippen molar-refractivity contribution in [1.82, 2.24) is 9.13 Å². The van der Waals surface area contributed by atoms with E-state index in [4.69, 9.17) is 9.47 Å². The van der Waals surface area contributed by atoms with E-state index >= 15 is 0 Å². The van der Waals surface area contributed by atoms with Gasteiger partial charge >= 0.3 is 0 Å². The third-order valence-corrected chi connectivity index (χ3v) is 9.12. The van der Waals surface area contributed by atoms with E-state index in [1.54, 1.807) is 0 Å². The van der Waals surface area contributed by atoms with Crippen molar-refractivity contribution in [2.24, 2.45) is 0 Å². The first kappa shape index (κ1) is 16.6. The van der Waals surface area contributed by atoms with Crippen molar-refractivity contribution in [2.75, 3.05) is 26.2 Å². The molecule has 118 valence electrons. The summed E-state index contributed by atoms with van der Waals surface area (Å²) in [5.74, 6) is 0. The molecule has 0 aromatic rings. The molecule has 20 heavy (non-hydrogen) atoms. The van der Waals surface area contributed by atoms with Crippen molar-refractivity contribution in [3.8, 4) is 0 Å². The lowest BCUT2D eigenvalue weighted by molar-refractivity contribution is -0.0455. The summed E-state index contributed by atoms with van der Waals surface area (Å²) in [6.45, 7) is 13.5. The van der Waals surface area contributed by atoms with E-state index in [1.165, 1.54) is 38.3 Å². The quantitative estimate of drug-likeness (QED) is 0.535. The molecule has 0 aromatic heterocycles. The van der Waals surface area contributed by atoms with E-state index in [9.17, 15) is 0 Å². The first-order valence-corrected chi connectivity index (χ1v) is 11.5. The summed E-state index contributed by atoms with van der Waals surface area (Å²) < 4.78 is 17.1. The maximum atomic E-state index is 5.81. The van der Waals surface area contributed by atoms with E-state index in [2.05, 4.69) is 36.8 Å². The molecular formula is C14H32N2O2Si2. The van der Waals surface area contributed by atoms with Crippen LogP contribution >= 0.6 is 0 Å². The number of ether oxygens (including phenoxy) is 2. The fraction of sp³-hybridized carbons (Fsp3) is 1.00. The molecule has 0 aliphatic carbocycles. The summed E-state index contributed by atoms with van der Waals surface area (Å²) in [5.41, 5.74) is 0. The highest BCUT2D eigenvalue weighted by atomic mass is 28.2. The molecule has 6 heteroatoms. The largest absolute Gasteiger partial charge is 0.373 e. The van der Waals surface area contributed by atoms with Gasteiger partial charge in [-0.1, -0.05) is 12.1 Å². The van der Waals surface area contributed by atoms with E-state index in [1.807, 2.05) is 0 Å². The molecule has 4 atom stereocenters. The lowest BCUT2D eigenvalue weighted by atomic mass is 10.3. The van der Waals surface area contributed by atoms with Crippen LogP contribution in [0.1, 0.15) is 27.7 Å². The Bertz CT molecular complexity index is 248. The van der Waals surface area contributed by atoms with Gasteiger partial charge < -0.3 is 18.6 Å². The molecule has 0 saturated carbocycles. The fourth-order valence-electron chi connectivity index (χ4n) is 3.60. The summed E-state index contributed by atoms with van der Waals surface area (Å²) in [6, 6.07) is 2.98. The van der Waals surface area contributed by atoms with Gasteiger partial charge in [-0.15, -0.1) is 0 Å². The molecule has 0 amide bonds. The third-order valence-electron chi connectivity index (χ3n) is 4.19. The Hall–Kier alpha value is 0.274. The molecule has 4 nitrogen and oxygen atoms in total. The minimum atomic E-state index is -0.0407. The Balaban J connectivity index is 1.59. The highest BCUT2D eigenvalue weighted by molar-refractivity contribution is 6.38. The summed E-state index contributed by atoms with van der Waals surface area (Å²) in [5, 5.41) is 0. The molecule has 0 spiro atoms. The summed E-state index contributed by atoms with van der Waals surface area (Å²) >= 11 is 0. The second kappa shape index (κ2) is 8.05. The predicted octanol–water partition coefficient (Wildman–Crippen LogP) is 0.209. The Labute approximate surface area is 129 Å². The zero-order valence-corrected chi connectivity index (χ0v) is 16.5. The van der Waals surface area contributed by atoms with Gasteiger partial charge in [0, 0.05) is 26.2 Å². The Morgan fingerprint density at radius 1 is 0.700 bits per heavy atom. The predicted molar refractivity (Wildman–Crippen MR) is 89.9 cm³/mol. The average Bonchev–Trinajstić information content (AvgIpc) is 2.32. The van der Waals surface area contributed by atoms with Crippen LogP contribution in [0, 0.1) is 0 Å². The maximum absolute atomic E-state index is 5.81. The van der Waals surface area contributed by atoms with Crippen LogP contribution in [0.25, 0.3) is 0 Å². The minimum Gasteiger partial charge on any atom is -0.373 e. The molecule has 2 rings (SSSR count).